The van der Waals surface area contributed by atoms with E-state index >= 15 is 0 Å². The summed E-state index contributed by atoms with van der Waals surface area (Å²) in [6.45, 7) is 0. The number of fused-ring (bicyclic) bond motifs is 9. The van der Waals surface area contributed by atoms with E-state index in [-0.39, 0.29) is 0 Å². The van der Waals surface area contributed by atoms with Crippen molar-refractivity contribution in [1.29, 1.82) is 0 Å². The molecule has 1 aliphatic carbocycles. The molecule has 0 heterocycles. The van der Waals surface area contributed by atoms with E-state index in [1.807, 2.05) is 0 Å². The third kappa shape index (κ3) is 6.30. The Kier molecular flexibility index (Phi) is 9.55. The molecule has 0 fully saturated rings. The quantitative estimate of drug-likeness (QED) is 0.144. The Morgan fingerprint density at radius 2 is 0.703 bits per heavy atom. The lowest BCUT2D eigenvalue weighted by atomic mass is 9.65. The Balaban J connectivity index is 0.977. The van der Waals surface area contributed by atoms with Crippen LogP contribution < -0.4 is 4.90 Å². The second kappa shape index (κ2) is 16.8. The van der Waals surface area contributed by atoms with Gasteiger partial charge < -0.3 is 4.90 Å². The predicted molar refractivity (Wildman–Crippen MR) is 314 cm³/mol. The summed E-state index contributed by atoms with van der Waals surface area (Å²) in [6.07, 6.45) is 0. The lowest BCUT2D eigenvalue weighted by molar-refractivity contribution is 0.770. The largest absolute Gasteiger partial charge is 0.309 e. The highest BCUT2D eigenvalue weighted by atomic mass is 15.1. The smallest absolute Gasteiger partial charge is 0.0719 e. The van der Waals surface area contributed by atoms with Crippen molar-refractivity contribution < 1.29 is 0 Å². The van der Waals surface area contributed by atoms with E-state index in [0.717, 1.165) is 17.1 Å². The third-order valence-corrected chi connectivity index (χ3v) is 16.0. The van der Waals surface area contributed by atoms with Crippen LogP contribution in [-0.4, -0.2) is 0 Å². The van der Waals surface area contributed by atoms with Gasteiger partial charge in [-0.05, 0) is 152 Å². The molecule has 0 bridgehead atoms. The number of hydrogen-bond acceptors (Lipinski definition) is 1. The third-order valence-electron chi connectivity index (χ3n) is 16.0. The first-order chi connectivity index (χ1) is 36.7. The Labute approximate surface area is 430 Å². The molecule has 1 nitrogen and oxygen atoms in total. The summed E-state index contributed by atoms with van der Waals surface area (Å²) in [5.41, 5.74) is 15.5. The summed E-state index contributed by atoms with van der Waals surface area (Å²) in [4.78, 5) is 2.45. The second-order valence-corrected chi connectivity index (χ2v) is 19.9. The number of benzene rings is 14. The van der Waals surface area contributed by atoms with Gasteiger partial charge in [-0.1, -0.05) is 243 Å². The summed E-state index contributed by atoms with van der Waals surface area (Å²) >= 11 is 0. The Morgan fingerprint density at radius 1 is 0.257 bits per heavy atom. The van der Waals surface area contributed by atoms with Gasteiger partial charge in [0.25, 0.3) is 0 Å². The minimum atomic E-state index is -0.567. The first-order valence-corrected chi connectivity index (χ1v) is 25.7. The van der Waals surface area contributed by atoms with Gasteiger partial charge in [0.05, 0.1) is 16.8 Å². The van der Waals surface area contributed by atoms with Crippen LogP contribution in [-0.2, 0) is 5.41 Å². The van der Waals surface area contributed by atoms with E-state index in [9.17, 15) is 0 Å². The van der Waals surface area contributed by atoms with Crippen LogP contribution in [0.5, 0.6) is 0 Å². The van der Waals surface area contributed by atoms with Gasteiger partial charge in [-0.2, -0.15) is 0 Å². The van der Waals surface area contributed by atoms with Gasteiger partial charge in [0, 0.05) is 16.5 Å². The Bertz CT molecular complexity index is 4420. The fourth-order valence-corrected chi connectivity index (χ4v) is 12.9. The van der Waals surface area contributed by atoms with Crippen LogP contribution in [0.1, 0.15) is 22.3 Å². The van der Waals surface area contributed by atoms with Gasteiger partial charge in [0.2, 0.25) is 0 Å². The van der Waals surface area contributed by atoms with Crippen molar-refractivity contribution in [2.45, 2.75) is 5.41 Å². The topological polar surface area (TPSA) is 3.24 Å². The molecule has 344 valence electrons. The minimum Gasteiger partial charge on any atom is -0.309 e. The molecule has 0 radical (unpaired) electrons. The van der Waals surface area contributed by atoms with Gasteiger partial charge in [-0.15, -0.1) is 0 Å². The van der Waals surface area contributed by atoms with E-state index in [2.05, 4.69) is 290 Å². The van der Waals surface area contributed by atoms with Crippen molar-refractivity contribution >= 4 is 81.7 Å². The van der Waals surface area contributed by atoms with E-state index in [1.165, 1.54) is 120 Å². The molecule has 0 unspecified atom stereocenters. The molecule has 0 atom stereocenters. The molecule has 0 N–H and O–H groups in total. The van der Waals surface area contributed by atoms with Gasteiger partial charge in [0.1, 0.15) is 0 Å². The molecule has 1 aliphatic rings. The zero-order valence-electron chi connectivity index (χ0n) is 40.6. The highest BCUT2D eigenvalue weighted by Crippen LogP contribution is 2.60. The number of anilines is 3. The van der Waals surface area contributed by atoms with Crippen LogP contribution in [0.4, 0.5) is 17.1 Å². The average molecular weight is 938 g/mol. The van der Waals surface area contributed by atoms with Crippen molar-refractivity contribution in [2.24, 2.45) is 0 Å². The minimum absolute atomic E-state index is 0.567. The van der Waals surface area contributed by atoms with E-state index in [4.69, 9.17) is 0 Å². The van der Waals surface area contributed by atoms with Gasteiger partial charge in [-0.3, -0.25) is 0 Å². The molecule has 14 aromatic carbocycles. The fraction of sp³-hybridized carbons (Fsp3) is 0.0137. The molecule has 0 saturated heterocycles. The van der Waals surface area contributed by atoms with Gasteiger partial charge >= 0.3 is 0 Å². The lowest BCUT2D eigenvalue weighted by Gasteiger charge is -2.35. The maximum absolute atomic E-state index is 2.46. The first-order valence-electron chi connectivity index (χ1n) is 25.7. The van der Waals surface area contributed by atoms with Gasteiger partial charge in [-0.25, -0.2) is 0 Å². The lowest BCUT2D eigenvalue weighted by Crippen LogP contribution is -2.29. The molecule has 0 spiro atoms. The van der Waals surface area contributed by atoms with E-state index in [1.54, 1.807) is 0 Å². The molecular weight excluding hydrogens is 891 g/mol. The van der Waals surface area contributed by atoms with Crippen molar-refractivity contribution in [2.75, 3.05) is 4.90 Å². The summed E-state index contributed by atoms with van der Waals surface area (Å²) in [7, 11) is 0. The average Bonchev–Trinajstić information content (AvgIpc) is 3.80. The molecule has 74 heavy (non-hydrogen) atoms. The number of nitrogens with zero attached hydrogens (tertiary/aromatic N) is 1. The zero-order chi connectivity index (χ0) is 48.7. The van der Waals surface area contributed by atoms with Crippen LogP contribution in [0, 0.1) is 0 Å². The molecule has 0 saturated carbocycles. The molecule has 1 heteroatoms. The standard InChI is InChI=1S/C73H47N/c1-3-26-55(27-4-1)73(56-28-5-2-6-29-56)67-37-16-15-32-60(67)63-35-19-36-64(72(63)73)71-62-34-14-13-33-61(62)70(65-46-50-22-7-8-23-51(50)47-66(65)71)54-41-40-53-45-57(43-42-52(53)44-54)74(68-38-17-24-48-20-9-11-30-58(48)68)69-39-18-25-49-21-10-12-31-59(49)69/h1-47H. The summed E-state index contributed by atoms with van der Waals surface area (Å²) in [6, 6.07) is 106. The monoisotopic (exact) mass is 937 g/mol. The van der Waals surface area contributed by atoms with E-state index in [0.29, 0.717) is 0 Å². The number of hydrogen-bond donors (Lipinski definition) is 0. The summed E-state index contributed by atoms with van der Waals surface area (Å²) in [5, 5.41) is 14.6. The van der Waals surface area contributed by atoms with Crippen LogP contribution in [0.15, 0.2) is 285 Å². The molecule has 0 amide bonds. The van der Waals surface area contributed by atoms with Crippen molar-refractivity contribution in [1.82, 2.24) is 0 Å². The van der Waals surface area contributed by atoms with Crippen LogP contribution in [0.2, 0.25) is 0 Å². The van der Waals surface area contributed by atoms with Crippen LogP contribution >= 0.6 is 0 Å². The maximum Gasteiger partial charge on any atom is 0.0719 e. The molecule has 0 aromatic heterocycles. The number of rotatable bonds is 7. The Hall–Kier alpha value is -9.56. The van der Waals surface area contributed by atoms with E-state index < -0.39 is 5.41 Å². The predicted octanol–water partition coefficient (Wildman–Crippen LogP) is 19.8. The highest BCUT2D eigenvalue weighted by molar-refractivity contribution is 6.24. The molecule has 15 rings (SSSR count). The Morgan fingerprint density at radius 3 is 1.35 bits per heavy atom. The molecular formula is C73H47N. The summed E-state index contributed by atoms with van der Waals surface area (Å²) < 4.78 is 0. The van der Waals surface area contributed by atoms with Crippen LogP contribution in [0.25, 0.3) is 98.0 Å². The normalized spacial score (nSPS) is 12.7. The van der Waals surface area contributed by atoms with Crippen LogP contribution in [0.3, 0.4) is 0 Å². The van der Waals surface area contributed by atoms with Crippen molar-refractivity contribution in [3.8, 4) is 33.4 Å². The SMILES string of the molecule is c1ccc(C2(c3ccccc3)c3ccccc3-c3cccc(-c4c5ccccc5c(-c5ccc6cc(N(c7cccc8ccccc78)c7cccc8ccccc78)ccc6c5)c5cc6ccccc6cc45)c32)cc1. The maximum atomic E-state index is 2.46. The van der Waals surface area contributed by atoms with Crippen molar-refractivity contribution in [3.63, 3.8) is 0 Å². The fourth-order valence-electron chi connectivity index (χ4n) is 12.9. The molecule has 14 aromatic rings. The van der Waals surface area contributed by atoms with Gasteiger partial charge in [0.15, 0.2) is 0 Å². The second-order valence-electron chi connectivity index (χ2n) is 19.9. The highest BCUT2D eigenvalue weighted by Gasteiger charge is 2.47. The molecule has 0 aliphatic heterocycles. The first kappa shape index (κ1) is 42.2. The van der Waals surface area contributed by atoms with Crippen molar-refractivity contribution in [3.05, 3.63) is 307 Å². The zero-order valence-corrected chi connectivity index (χ0v) is 40.6. The summed E-state index contributed by atoms with van der Waals surface area (Å²) in [5.74, 6) is 0.